The predicted molar refractivity (Wildman–Crippen MR) is 97.4 cm³/mol. The number of carbonyl (C=O) groups is 1. The van der Waals surface area contributed by atoms with Crippen LogP contribution in [0.2, 0.25) is 0 Å². The molecule has 3 rings (SSSR count). The van der Waals surface area contributed by atoms with Crippen LogP contribution in [0.3, 0.4) is 0 Å². The highest BCUT2D eigenvalue weighted by atomic mass is 16.1. The number of amides is 1. The lowest BCUT2D eigenvalue weighted by Gasteiger charge is -2.22. The normalized spacial score (nSPS) is 23.2. The van der Waals surface area contributed by atoms with E-state index in [9.17, 15) is 4.79 Å². The van der Waals surface area contributed by atoms with Crippen LogP contribution < -0.4 is 10.6 Å². The van der Waals surface area contributed by atoms with Gasteiger partial charge in [0.1, 0.15) is 5.69 Å². The second-order valence-electron chi connectivity index (χ2n) is 6.79. The van der Waals surface area contributed by atoms with E-state index in [1.807, 2.05) is 0 Å². The van der Waals surface area contributed by atoms with Gasteiger partial charge in [0.25, 0.3) is 5.91 Å². The highest BCUT2D eigenvalue weighted by Crippen LogP contribution is 2.35. The first-order chi connectivity index (χ1) is 12.3. The second kappa shape index (κ2) is 8.78. The van der Waals surface area contributed by atoms with Gasteiger partial charge in [-0.25, -0.2) is 4.98 Å². The molecule has 1 aliphatic heterocycles. The zero-order chi connectivity index (χ0) is 17.5. The molecule has 1 saturated carbocycles. The first-order valence-corrected chi connectivity index (χ1v) is 9.35. The summed E-state index contributed by atoms with van der Waals surface area (Å²) in [5.74, 6) is 2.43. The molecule has 1 aromatic heterocycles. The highest BCUT2D eigenvalue weighted by molar-refractivity contribution is 5.91. The summed E-state index contributed by atoms with van der Waals surface area (Å²) >= 11 is 0. The zero-order valence-electron chi connectivity index (χ0n) is 14.9. The van der Waals surface area contributed by atoms with Crippen molar-refractivity contribution in [3.05, 3.63) is 24.3 Å². The van der Waals surface area contributed by atoms with E-state index >= 15 is 0 Å². The van der Waals surface area contributed by atoms with Gasteiger partial charge in [-0.3, -0.25) is 14.8 Å². The SMILES string of the molecule is CCNC(=NCCNC(=O)c1cnccn1)N1CC2CCCCC2C1. The third-order valence-electron chi connectivity index (χ3n) is 5.07. The van der Waals surface area contributed by atoms with Crippen LogP contribution >= 0.6 is 0 Å². The molecule has 0 aromatic carbocycles. The second-order valence-corrected chi connectivity index (χ2v) is 6.79. The van der Waals surface area contributed by atoms with Gasteiger partial charge < -0.3 is 15.5 Å². The Kier molecular flexibility index (Phi) is 6.19. The number of guanidine groups is 1. The summed E-state index contributed by atoms with van der Waals surface area (Å²) in [6.07, 6.45) is 9.99. The van der Waals surface area contributed by atoms with Gasteiger partial charge in [-0.2, -0.15) is 0 Å². The number of aromatic nitrogens is 2. The molecule has 1 aromatic rings. The molecule has 2 unspecified atom stereocenters. The molecule has 2 atom stereocenters. The van der Waals surface area contributed by atoms with E-state index in [2.05, 4.69) is 32.4 Å². The molecule has 0 spiro atoms. The van der Waals surface area contributed by atoms with Crippen LogP contribution in [0.25, 0.3) is 0 Å². The van der Waals surface area contributed by atoms with Crippen LogP contribution in [-0.2, 0) is 0 Å². The zero-order valence-corrected chi connectivity index (χ0v) is 14.9. The molecule has 1 amide bonds. The van der Waals surface area contributed by atoms with Crippen molar-refractivity contribution in [1.82, 2.24) is 25.5 Å². The average Bonchev–Trinajstić information content (AvgIpc) is 3.09. The Labute approximate surface area is 149 Å². The quantitative estimate of drug-likeness (QED) is 0.478. The Balaban J connectivity index is 1.50. The number of nitrogens with one attached hydrogen (secondary N) is 2. The number of hydrogen-bond acceptors (Lipinski definition) is 4. The molecule has 7 heteroatoms. The molecule has 1 aliphatic carbocycles. The van der Waals surface area contributed by atoms with E-state index in [0.29, 0.717) is 18.8 Å². The minimum absolute atomic E-state index is 0.208. The maximum absolute atomic E-state index is 12.0. The lowest BCUT2D eigenvalue weighted by atomic mass is 9.82. The first-order valence-electron chi connectivity index (χ1n) is 9.35. The number of hydrogen-bond donors (Lipinski definition) is 2. The molecule has 0 bridgehead atoms. The number of nitrogens with zero attached hydrogens (tertiary/aromatic N) is 4. The van der Waals surface area contributed by atoms with Gasteiger partial charge in [0, 0.05) is 38.6 Å². The van der Waals surface area contributed by atoms with Crippen LogP contribution in [-0.4, -0.2) is 59.5 Å². The number of rotatable bonds is 5. The van der Waals surface area contributed by atoms with E-state index in [-0.39, 0.29) is 5.91 Å². The van der Waals surface area contributed by atoms with Crippen molar-refractivity contribution in [3.8, 4) is 0 Å². The maximum Gasteiger partial charge on any atom is 0.271 e. The molecular formula is C18H28N6O. The molecule has 7 nitrogen and oxygen atoms in total. The van der Waals surface area contributed by atoms with Crippen LogP contribution in [0.4, 0.5) is 0 Å². The molecule has 2 heterocycles. The highest BCUT2D eigenvalue weighted by Gasteiger charge is 2.35. The number of aliphatic imine (C=N–C) groups is 1. The molecule has 25 heavy (non-hydrogen) atoms. The van der Waals surface area contributed by atoms with Crippen LogP contribution in [0.15, 0.2) is 23.6 Å². The predicted octanol–water partition coefficient (Wildman–Crippen LogP) is 1.29. The minimum Gasteiger partial charge on any atom is -0.357 e. The lowest BCUT2D eigenvalue weighted by Crippen LogP contribution is -2.41. The Bertz CT molecular complexity index is 576. The van der Waals surface area contributed by atoms with Crippen molar-refractivity contribution in [2.45, 2.75) is 32.6 Å². The van der Waals surface area contributed by atoms with E-state index in [0.717, 1.165) is 37.4 Å². The van der Waals surface area contributed by atoms with Crippen molar-refractivity contribution in [2.75, 3.05) is 32.7 Å². The summed E-state index contributed by atoms with van der Waals surface area (Å²) in [6.45, 7) is 6.22. The van der Waals surface area contributed by atoms with Gasteiger partial charge in [-0.1, -0.05) is 12.8 Å². The largest absolute Gasteiger partial charge is 0.357 e. The van der Waals surface area contributed by atoms with Gasteiger partial charge >= 0.3 is 0 Å². The van der Waals surface area contributed by atoms with Crippen LogP contribution in [0.1, 0.15) is 43.1 Å². The van der Waals surface area contributed by atoms with Crippen LogP contribution in [0.5, 0.6) is 0 Å². The summed E-state index contributed by atoms with van der Waals surface area (Å²) in [7, 11) is 0. The monoisotopic (exact) mass is 344 g/mol. The molecule has 2 N–H and O–H groups in total. The molecule has 136 valence electrons. The van der Waals surface area contributed by atoms with Gasteiger partial charge in [-0.05, 0) is 31.6 Å². The first kappa shape index (κ1) is 17.6. The molecule has 2 fully saturated rings. The Morgan fingerprint density at radius 1 is 1.24 bits per heavy atom. The standard InChI is InChI=1S/C18H28N6O/c1-2-20-18(24-12-14-5-3-4-6-15(14)13-24)23-10-9-22-17(25)16-11-19-7-8-21-16/h7-8,11,14-15H,2-6,9-10,12-13H2,1H3,(H,20,23)(H,22,25). The van der Waals surface area contributed by atoms with E-state index in [1.165, 1.54) is 38.1 Å². The fourth-order valence-corrected chi connectivity index (χ4v) is 3.84. The summed E-state index contributed by atoms with van der Waals surface area (Å²) < 4.78 is 0. The molecule has 2 aliphatic rings. The van der Waals surface area contributed by atoms with Crippen molar-refractivity contribution in [3.63, 3.8) is 0 Å². The Hall–Kier alpha value is -2.18. The van der Waals surface area contributed by atoms with E-state index in [4.69, 9.17) is 4.99 Å². The summed E-state index contributed by atoms with van der Waals surface area (Å²) in [5.41, 5.74) is 0.335. The third kappa shape index (κ3) is 4.67. The molecular weight excluding hydrogens is 316 g/mol. The number of carbonyl (C=O) groups excluding carboxylic acids is 1. The van der Waals surface area contributed by atoms with Crippen molar-refractivity contribution in [2.24, 2.45) is 16.8 Å². The minimum atomic E-state index is -0.208. The van der Waals surface area contributed by atoms with Crippen LogP contribution in [0, 0.1) is 11.8 Å². The van der Waals surface area contributed by atoms with E-state index < -0.39 is 0 Å². The van der Waals surface area contributed by atoms with Gasteiger partial charge in [-0.15, -0.1) is 0 Å². The lowest BCUT2D eigenvalue weighted by molar-refractivity contribution is 0.0949. The smallest absolute Gasteiger partial charge is 0.271 e. The van der Waals surface area contributed by atoms with Crippen molar-refractivity contribution in [1.29, 1.82) is 0 Å². The molecule has 1 saturated heterocycles. The fraction of sp³-hybridized carbons (Fsp3) is 0.667. The Morgan fingerprint density at radius 3 is 2.64 bits per heavy atom. The number of likely N-dealkylation sites (tertiary alicyclic amines) is 1. The van der Waals surface area contributed by atoms with Crippen molar-refractivity contribution >= 4 is 11.9 Å². The van der Waals surface area contributed by atoms with Crippen molar-refractivity contribution < 1.29 is 4.79 Å². The number of fused-ring (bicyclic) bond motifs is 1. The van der Waals surface area contributed by atoms with E-state index in [1.54, 1.807) is 6.20 Å². The maximum atomic E-state index is 12.0. The van der Waals surface area contributed by atoms with Gasteiger partial charge in [0.05, 0.1) is 12.7 Å². The third-order valence-corrected chi connectivity index (χ3v) is 5.07. The summed E-state index contributed by atoms with van der Waals surface area (Å²) in [5, 5.41) is 6.24. The Morgan fingerprint density at radius 2 is 2.00 bits per heavy atom. The topological polar surface area (TPSA) is 82.5 Å². The fourth-order valence-electron chi connectivity index (χ4n) is 3.84. The average molecular weight is 344 g/mol. The van der Waals surface area contributed by atoms with Gasteiger partial charge in [0.2, 0.25) is 0 Å². The van der Waals surface area contributed by atoms with Gasteiger partial charge in [0.15, 0.2) is 5.96 Å². The molecule has 0 radical (unpaired) electrons. The summed E-state index contributed by atoms with van der Waals surface area (Å²) in [4.78, 5) is 27.0. The summed E-state index contributed by atoms with van der Waals surface area (Å²) in [6, 6.07) is 0.